The normalized spacial score (nSPS) is 13.3. The molecule has 0 fully saturated rings. The number of aromatic nitrogens is 2. The number of aromatic amines is 2. The number of nitrogens with one attached hydrogen (secondary N) is 2. The minimum Gasteiger partial charge on any atom is -0.457 e. The first kappa shape index (κ1) is 35.0. The van der Waals surface area contributed by atoms with Gasteiger partial charge in [-0.2, -0.15) is 0 Å². The summed E-state index contributed by atoms with van der Waals surface area (Å²) in [7, 11) is 0. The Labute approximate surface area is 307 Å². The molecule has 52 heavy (non-hydrogen) atoms. The van der Waals surface area contributed by atoms with Crippen molar-refractivity contribution in [3.63, 3.8) is 0 Å². The maximum absolute atomic E-state index is 13.3. The van der Waals surface area contributed by atoms with Crippen molar-refractivity contribution < 1.29 is 13.9 Å². The van der Waals surface area contributed by atoms with Gasteiger partial charge in [-0.15, -0.1) is 0 Å². The number of H-pyrrole nitrogens is 2. The third kappa shape index (κ3) is 7.75. The third-order valence-corrected chi connectivity index (χ3v) is 9.95. The van der Waals surface area contributed by atoms with Crippen molar-refractivity contribution in [3.05, 3.63) is 162 Å². The lowest BCUT2D eigenvalue weighted by molar-refractivity contribution is 0.477. The molecule has 0 unspecified atom stereocenters. The highest BCUT2D eigenvalue weighted by Gasteiger charge is 2.20. The zero-order chi connectivity index (χ0) is 36.2. The van der Waals surface area contributed by atoms with Crippen LogP contribution in [0.2, 0.25) is 5.02 Å². The molecule has 264 valence electrons. The lowest BCUT2D eigenvalue weighted by Crippen LogP contribution is -2.21. The van der Waals surface area contributed by atoms with E-state index < -0.39 is 0 Å². The summed E-state index contributed by atoms with van der Waals surface area (Å²) < 4.78 is 24.8. The second kappa shape index (κ2) is 15.5. The molecule has 0 spiro atoms. The van der Waals surface area contributed by atoms with E-state index in [1.54, 1.807) is 30.3 Å². The molecular weight excluding hydrogens is 675 g/mol. The standard InChI is InChI=1S/C22H20ClNO2.C22H20FNO2/c2*1-14-21(22(25)19-7-2-3-8-20(19)24-14)15-9-11-17(12-10-15)26-18-6-4-5-16(23)13-18/h2*4-6,9-13H,2-3,7-8H2,1H3,(H,24,25). The fourth-order valence-corrected chi connectivity index (χ4v) is 7.40. The van der Waals surface area contributed by atoms with Crippen LogP contribution in [0, 0.1) is 19.7 Å². The van der Waals surface area contributed by atoms with Crippen LogP contribution in [0.25, 0.3) is 22.3 Å². The molecule has 0 atom stereocenters. The van der Waals surface area contributed by atoms with Gasteiger partial charge in [0.2, 0.25) is 0 Å². The maximum Gasteiger partial charge on any atom is 0.193 e. The molecule has 0 saturated heterocycles. The maximum atomic E-state index is 13.3. The Morgan fingerprint density at radius 2 is 1.00 bits per heavy atom. The number of hydrogen-bond donors (Lipinski definition) is 2. The fraction of sp³-hybridized carbons (Fsp3) is 0.227. The first-order valence-electron chi connectivity index (χ1n) is 17.8. The summed E-state index contributed by atoms with van der Waals surface area (Å²) >= 11 is 5.99. The summed E-state index contributed by atoms with van der Waals surface area (Å²) in [6.45, 7) is 3.92. The van der Waals surface area contributed by atoms with Crippen molar-refractivity contribution in [2.45, 2.75) is 65.2 Å². The van der Waals surface area contributed by atoms with E-state index >= 15 is 0 Å². The van der Waals surface area contributed by atoms with Crippen LogP contribution in [0.4, 0.5) is 4.39 Å². The van der Waals surface area contributed by atoms with Crippen molar-refractivity contribution in [2.24, 2.45) is 0 Å². The van der Waals surface area contributed by atoms with Gasteiger partial charge in [0.25, 0.3) is 0 Å². The molecule has 8 heteroatoms. The average molecular weight is 715 g/mol. The SMILES string of the molecule is Cc1[nH]c2c(c(=O)c1-c1ccc(Oc3cccc(Cl)c3)cc1)CCCC2.Cc1[nH]c2c(c(=O)c1-c1ccc(Oc3cccc(F)c3)cc1)CCCC2. The topological polar surface area (TPSA) is 84.2 Å². The minimum atomic E-state index is -0.338. The van der Waals surface area contributed by atoms with Crippen LogP contribution in [-0.2, 0) is 25.7 Å². The number of rotatable bonds is 6. The van der Waals surface area contributed by atoms with Crippen LogP contribution in [-0.4, -0.2) is 9.97 Å². The highest BCUT2D eigenvalue weighted by Crippen LogP contribution is 2.30. The van der Waals surface area contributed by atoms with Crippen LogP contribution in [0.3, 0.4) is 0 Å². The van der Waals surface area contributed by atoms with Gasteiger partial charge >= 0.3 is 0 Å². The van der Waals surface area contributed by atoms with Gasteiger partial charge < -0.3 is 19.4 Å². The zero-order valence-electron chi connectivity index (χ0n) is 29.3. The van der Waals surface area contributed by atoms with Crippen LogP contribution in [0.1, 0.15) is 59.6 Å². The molecule has 2 N–H and O–H groups in total. The van der Waals surface area contributed by atoms with Gasteiger partial charge in [0, 0.05) is 56.1 Å². The Morgan fingerprint density at radius 3 is 1.46 bits per heavy atom. The Hall–Kier alpha value is -5.40. The van der Waals surface area contributed by atoms with Gasteiger partial charge in [0.15, 0.2) is 10.9 Å². The van der Waals surface area contributed by atoms with Gasteiger partial charge in [0.05, 0.1) is 0 Å². The fourth-order valence-electron chi connectivity index (χ4n) is 7.22. The molecule has 0 aliphatic heterocycles. The largest absolute Gasteiger partial charge is 0.457 e. The molecule has 4 aromatic carbocycles. The predicted molar refractivity (Wildman–Crippen MR) is 206 cm³/mol. The van der Waals surface area contributed by atoms with Gasteiger partial charge in [-0.05, 0) is 131 Å². The summed E-state index contributed by atoms with van der Waals surface area (Å²) in [6, 6.07) is 28.3. The highest BCUT2D eigenvalue weighted by atomic mass is 35.5. The molecule has 0 saturated carbocycles. The number of ether oxygens (including phenoxy) is 2. The van der Waals surface area contributed by atoms with E-state index in [9.17, 15) is 14.0 Å². The Balaban J connectivity index is 0.000000162. The molecule has 2 aromatic heterocycles. The quantitative estimate of drug-likeness (QED) is 0.180. The molecule has 2 aliphatic carbocycles. The molecule has 0 bridgehead atoms. The Bertz CT molecular complexity index is 2180. The lowest BCUT2D eigenvalue weighted by atomic mass is 9.91. The molecule has 8 rings (SSSR count). The third-order valence-electron chi connectivity index (χ3n) is 9.71. The van der Waals surface area contributed by atoms with Crippen molar-refractivity contribution in [1.29, 1.82) is 0 Å². The van der Waals surface area contributed by atoms with Crippen molar-refractivity contribution >= 4 is 11.6 Å². The number of hydrogen-bond acceptors (Lipinski definition) is 4. The number of benzene rings is 4. The minimum absolute atomic E-state index is 0.134. The molecule has 2 aliphatic rings. The number of aryl methyl sites for hydroxylation is 4. The van der Waals surface area contributed by atoms with E-state index in [0.717, 1.165) is 108 Å². The Kier molecular flexibility index (Phi) is 10.4. The van der Waals surface area contributed by atoms with Gasteiger partial charge in [-0.3, -0.25) is 9.59 Å². The smallest absolute Gasteiger partial charge is 0.193 e. The number of halogens is 2. The predicted octanol–water partition coefficient (Wildman–Crippen LogP) is 10.8. The van der Waals surface area contributed by atoms with E-state index in [-0.39, 0.29) is 16.7 Å². The Morgan fingerprint density at radius 1 is 0.558 bits per heavy atom. The monoisotopic (exact) mass is 714 g/mol. The second-order valence-electron chi connectivity index (χ2n) is 13.4. The van der Waals surface area contributed by atoms with Crippen LogP contribution < -0.4 is 20.3 Å². The van der Waals surface area contributed by atoms with E-state index in [1.807, 2.05) is 68.4 Å². The first-order valence-corrected chi connectivity index (χ1v) is 18.2. The summed E-state index contributed by atoms with van der Waals surface area (Å²) in [5.41, 5.74) is 9.48. The summed E-state index contributed by atoms with van der Waals surface area (Å²) in [5, 5.41) is 0.635. The molecule has 6 nitrogen and oxygen atoms in total. The zero-order valence-corrected chi connectivity index (χ0v) is 30.0. The molecular formula is C44H40ClFN2O4. The van der Waals surface area contributed by atoms with E-state index in [4.69, 9.17) is 21.1 Å². The van der Waals surface area contributed by atoms with Crippen molar-refractivity contribution in [3.8, 4) is 45.3 Å². The van der Waals surface area contributed by atoms with E-state index in [1.165, 1.54) is 12.1 Å². The van der Waals surface area contributed by atoms with E-state index in [2.05, 4.69) is 9.97 Å². The van der Waals surface area contributed by atoms with Crippen LogP contribution >= 0.6 is 11.6 Å². The molecule has 0 amide bonds. The van der Waals surface area contributed by atoms with Crippen LogP contribution in [0.5, 0.6) is 23.0 Å². The molecule has 6 aromatic rings. The van der Waals surface area contributed by atoms with Gasteiger partial charge in [-0.25, -0.2) is 4.39 Å². The summed E-state index contributed by atoms with van der Waals surface area (Å²) in [6.07, 6.45) is 8.08. The van der Waals surface area contributed by atoms with Crippen molar-refractivity contribution in [1.82, 2.24) is 9.97 Å². The lowest BCUT2D eigenvalue weighted by Gasteiger charge is -2.18. The van der Waals surface area contributed by atoms with Crippen molar-refractivity contribution in [2.75, 3.05) is 0 Å². The summed E-state index contributed by atoms with van der Waals surface area (Å²) in [5.74, 6) is 2.11. The van der Waals surface area contributed by atoms with Crippen LogP contribution in [0.15, 0.2) is 107 Å². The second-order valence-corrected chi connectivity index (χ2v) is 13.8. The molecule has 2 heterocycles. The van der Waals surface area contributed by atoms with Gasteiger partial charge in [-0.1, -0.05) is 48.0 Å². The molecule has 0 radical (unpaired) electrons. The number of pyridine rings is 2. The van der Waals surface area contributed by atoms with Gasteiger partial charge in [0.1, 0.15) is 28.8 Å². The highest BCUT2D eigenvalue weighted by molar-refractivity contribution is 6.30. The summed E-state index contributed by atoms with van der Waals surface area (Å²) in [4.78, 5) is 32.8. The first-order chi connectivity index (χ1) is 25.2. The average Bonchev–Trinajstić information content (AvgIpc) is 3.13. The number of fused-ring (bicyclic) bond motifs is 2. The van der Waals surface area contributed by atoms with E-state index in [0.29, 0.717) is 28.0 Å².